The van der Waals surface area contributed by atoms with Gasteiger partial charge in [-0.2, -0.15) is 0 Å². The van der Waals surface area contributed by atoms with Crippen LogP contribution < -0.4 is 21.7 Å². The van der Waals surface area contributed by atoms with Gasteiger partial charge in [-0.15, -0.1) is 0 Å². The Morgan fingerprint density at radius 3 is 2.66 bits per heavy atom. The number of amides is 2. The molecule has 8 nitrogen and oxygen atoms in total. The van der Waals surface area contributed by atoms with Crippen molar-refractivity contribution >= 4 is 34.2 Å². The van der Waals surface area contributed by atoms with Crippen LogP contribution in [0.2, 0.25) is 0 Å². The van der Waals surface area contributed by atoms with Crippen LogP contribution in [0.1, 0.15) is 25.0 Å². The largest absolute Gasteiger partial charge is 0.384 e. The number of hydrogen-bond acceptors (Lipinski definition) is 4. The smallest absolute Gasteiger partial charge is 0.242 e. The van der Waals surface area contributed by atoms with Crippen molar-refractivity contribution in [2.24, 2.45) is 11.7 Å². The Hall–Kier alpha value is -3.81. The summed E-state index contributed by atoms with van der Waals surface area (Å²) in [7, 11) is 0. The highest BCUT2D eigenvalue weighted by Crippen LogP contribution is 2.17. The lowest BCUT2D eigenvalue weighted by molar-refractivity contribution is -0.129. The Balaban J connectivity index is 1.50. The van der Waals surface area contributed by atoms with Gasteiger partial charge in [0.25, 0.3) is 0 Å². The molecule has 0 aliphatic carbocycles. The molecule has 1 atom stereocenters. The molecule has 1 heterocycles. The van der Waals surface area contributed by atoms with Crippen LogP contribution in [-0.2, 0) is 16.0 Å². The van der Waals surface area contributed by atoms with E-state index in [1.54, 1.807) is 24.3 Å². The van der Waals surface area contributed by atoms with Crippen LogP contribution in [0.3, 0.4) is 0 Å². The molecule has 2 aromatic carbocycles. The first-order valence-electron chi connectivity index (χ1n) is 10.7. The molecule has 1 aromatic heterocycles. The molecule has 3 rings (SSSR count). The topological polar surface area (TPSA) is 136 Å². The van der Waals surface area contributed by atoms with Crippen LogP contribution in [0.15, 0.2) is 54.7 Å². The summed E-state index contributed by atoms with van der Waals surface area (Å²) in [6, 6.07) is 14.4. The number of carbonyl (C=O) groups is 2. The molecule has 0 spiro atoms. The number of nitrogens with two attached hydrogens (primary N) is 1. The van der Waals surface area contributed by atoms with Gasteiger partial charge < -0.3 is 26.7 Å². The number of anilines is 1. The number of aromatic amines is 1. The predicted octanol–water partition coefficient (Wildman–Crippen LogP) is 2.36. The van der Waals surface area contributed by atoms with Gasteiger partial charge in [-0.05, 0) is 36.1 Å². The number of benzene rings is 2. The number of amidine groups is 1. The number of rotatable bonds is 10. The maximum absolute atomic E-state index is 12.7. The standard InChI is InChI=1S/C24H30N6O2/c1-15(2)22(30-21(31)14-28-18-7-5-6-16(12-18)23(25)26)24(32)27-11-10-17-13-29-20-9-4-3-8-19(17)20/h3-9,12-13,15,22,28-29H,10-11,14H2,1-2H3,(H3,25,26)(H,27,32)(H,30,31). The normalized spacial score (nSPS) is 11.8. The summed E-state index contributed by atoms with van der Waals surface area (Å²) in [6.45, 7) is 4.28. The molecule has 0 radical (unpaired) electrons. The van der Waals surface area contributed by atoms with Gasteiger partial charge in [0.05, 0.1) is 6.54 Å². The van der Waals surface area contributed by atoms with E-state index in [-0.39, 0.29) is 30.1 Å². The third-order valence-electron chi connectivity index (χ3n) is 5.26. The predicted molar refractivity (Wildman–Crippen MR) is 128 cm³/mol. The van der Waals surface area contributed by atoms with Crippen LogP contribution in [0.5, 0.6) is 0 Å². The summed E-state index contributed by atoms with van der Waals surface area (Å²) in [4.78, 5) is 28.4. The lowest BCUT2D eigenvalue weighted by Gasteiger charge is -2.22. The molecule has 0 aliphatic rings. The van der Waals surface area contributed by atoms with E-state index in [9.17, 15) is 9.59 Å². The van der Waals surface area contributed by atoms with Crippen molar-refractivity contribution in [3.63, 3.8) is 0 Å². The number of H-pyrrole nitrogens is 1. The number of para-hydroxylation sites is 1. The highest BCUT2D eigenvalue weighted by molar-refractivity contribution is 5.96. The monoisotopic (exact) mass is 434 g/mol. The van der Waals surface area contributed by atoms with Crippen molar-refractivity contribution in [3.05, 3.63) is 65.9 Å². The second kappa shape index (κ2) is 10.5. The minimum absolute atomic E-state index is 0.00714. The molecule has 32 heavy (non-hydrogen) atoms. The summed E-state index contributed by atoms with van der Waals surface area (Å²) in [5, 5.41) is 17.4. The number of nitrogens with one attached hydrogen (secondary N) is 5. The zero-order chi connectivity index (χ0) is 23.1. The number of nitrogen functional groups attached to an aromatic ring is 1. The van der Waals surface area contributed by atoms with Crippen molar-refractivity contribution in [2.45, 2.75) is 26.3 Å². The molecule has 1 unspecified atom stereocenters. The first-order chi connectivity index (χ1) is 15.3. The maximum atomic E-state index is 12.7. The molecule has 2 amide bonds. The molecule has 0 fully saturated rings. The number of hydrogen-bond donors (Lipinski definition) is 6. The Morgan fingerprint density at radius 2 is 1.91 bits per heavy atom. The molecule has 0 saturated heterocycles. The van der Waals surface area contributed by atoms with Crippen molar-refractivity contribution in [2.75, 3.05) is 18.4 Å². The summed E-state index contributed by atoms with van der Waals surface area (Å²) >= 11 is 0. The third-order valence-corrected chi connectivity index (χ3v) is 5.26. The minimum Gasteiger partial charge on any atom is -0.384 e. The number of carbonyl (C=O) groups excluding carboxylic acids is 2. The van der Waals surface area contributed by atoms with Gasteiger partial charge in [0, 0.05) is 34.9 Å². The maximum Gasteiger partial charge on any atom is 0.242 e. The van der Waals surface area contributed by atoms with Gasteiger partial charge in [-0.1, -0.05) is 44.2 Å². The fourth-order valence-corrected chi connectivity index (χ4v) is 3.51. The number of aromatic nitrogens is 1. The first-order valence-corrected chi connectivity index (χ1v) is 10.7. The van der Waals surface area contributed by atoms with Crippen LogP contribution in [0, 0.1) is 11.3 Å². The summed E-state index contributed by atoms with van der Waals surface area (Å²) < 4.78 is 0. The van der Waals surface area contributed by atoms with Crippen molar-refractivity contribution < 1.29 is 9.59 Å². The third kappa shape index (κ3) is 5.87. The van der Waals surface area contributed by atoms with E-state index in [0.717, 1.165) is 16.5 Å². The average molecular weight is 435 g/mol. The van der Waals surface area contributed by atoms with Gasteiger partial charge in [-0.25, -0.2) is 0 Å². The molecule has 0 bridgehead atoms. The highest BCUT2D eigenvalue weighted by Gasteiger charge is 2.23. The minimum atomic E-state index is -0.629. The van der Waals surface area contributed by atoms with Crippen molar-refractivity contribution in [1.82, 2.24) is 15.6 Å². The van der Waals surface area contributed by atoms with Gasteiger partial charge in [0.15, 0.2) is 0 Å². The van der Waals surface area contributed by atoms with Crippen LogP contribution in [0.25, 0.3) is 10.9 Å². The fourth-order valence-electron chi connectivity index (χ4n) is 3.51. The summed E-state index contributed by atoms with van der Waals surface area (Å²) in [5.74, 6) is -0.592. The Labute approximate surface area is 187 Å². The molecular formula is C24H30N6O2. The van der Waals surface area contributed by atoms with Crippen molar-refractivity contribution in [1.29, 1.82) is 5.41 Å². The fraction of sp³-hybridized carbons (Fsp3) is 0.292. The lowest BCUT2D eigenvalue weighted by atomic mass is 10.0. The molecular weight excluding hydrogens is 404 g/mol. The van der Waals surface area contributed by atoms with Crippen LogP contribution in [-0.4, -0.2) is 41.8 Å². The van der Waals surface area contributed by atoms with Crippen LogP contribution >= 0.6 is 0 Å². The van der Waals surface area contributed by atoms with Crippen LogP contribution in [0.4, 0.5) is 5.69 Å². The molecule has 0 aliphatic heterocycles. The van der Waals surface area contributed by atoms with Gasteiger partial charge in [-0.3, -0.25) is 15.0 Å². The van der Waals surface area contributed by atoms with E-state index in [1.165, 1.54) is 0 Å². The molecule has 8 heteroatoms. The van der Waals surface area contributed by atoms with E-state index in [0.29, 0.717) is 24.2 Å². The van der Waals surface area contributed by atoms with E-state index in [4.69, 9.17) is 11.1 Å². The quantitative estimate of drug-likeness (QED) is 0.216. The van der Waals surface area contributed by atoms with E-state index < -0.39 is 6.04 Å². The summed E-state index contributed by atoms with van der Waals surface area (Å²) in [6.07, 6.45) is 2.66. The average Bonchev–Trinajstić information content (AvgIpc) is 3.19. The first kappa shape index (κ1) is 22.9. The second-order valence-electron chi connectivity index (χ2n) is 8.04. The zero-order valence-corrected chi connectivity index (χ0v) is 18.4. The molecule has 168 valence electrons. The van der Waals surface area contributed by atoms with E-state index >= 15 is 0 Å². The molecule has 3 aromatic rings. The Bertz CT molecular complexity index is 1100. The Morgan fingerprint density at radius 1 is 1.12 bits per heavy atom. The SMILES string of the molecule is CC(C)C(NC(=O)CNc1cccc(C(=N)N)c1)C(=O)NCCc1c[nH]c2ccccc12. The van der Waals surface area contributed by atoms with E-state index in [2.05, 4.69) is 27.0 Å². The second-order valence-corrected chi connectivity index (χ2v) is 8.04. The number of fused-ring (bicyclic) bond motifs is 1. The highest BCUT2D eigenvalue weighted by atomic mass is 16.2. The molecule has 0 saturated carbocycles. The van der Waals surface area contributed by atoms with E-state index in [1.807, 2.05) is 38.2 Å². The van der Waals surface area contributed by atoms with Crippen molar-refractivity contribution in [3.8, 4) is 0 Å². The molecule has 7 N–H and O–H groups in total. The zero-order valence-electron chi connectivity index (χ0n) is 18.4. The van der Waals surface area contributed by atoms with Gasteiger partial charge >= 0.3 is 0 Å². The lowest BCUT2D eigenvalue weighted by Crippen LogP contribution is -2.51. The van der Waals surface area contributed by atoms with Gasteiger partial charge in [0.1, 0.15) is 11.9 Å². The summed E-state index contributed by atoms with van der Waals surface area (Å²) in [5.41, 5.74) is 8.96. The van der Waals surface area contributed by atoms with Gasteiger partial charge in [0.2, 0.25) is 11.8 Å². The Kier molecular flexibility index (Phi) is 7.49.